The van der Waals surface area contributed by atoms with Gasteiger partial charge >= 0.3 is 18.0 Å². The molecule has 4 rings (SSSR count). The number of hydrogen-bond acceptors (Lipinski definition) is 5. The summed E-state index contributed by atoms with van der Waals surface area (Å²) in [6.07, 6.45) is -0.0245. The van der Waals surface area contributed by atoms with Crippen molar-refractivity contribution in [2.24, 2.45) is 0 Å². The molecule has 160 valence electrons. The lowest BCUT2D eigenvalue weighted by Gasteiger charge is -2.22. The third-order valence-corrected chi connectivity index (χ3v) is 5.63. The highest BCUT2D eigenvalue weighted by molar-refractivity contribution is 6.32. The molecule has 0 spiro atoms. The Labute approximate surface area is 178 Å². The maximum atomic E-state index is 12.3. The topological polar surface area (TPSA) is 125 Å². The van der Waals surface area contributed by atoms with Crippen LogP contribution >= 0.6 is 0 Å². The van der Waals surface area contributed by atoms with Gasteiger partial charge in [0.1, 0.15) is 12.6 Å². The third-order valence-electron chi connectivity index (χ3n) is 5.63. The van der Waals surface area contributed by atoms with Gasteiger partial charge in [0.15, 0.2) is 0 Å². The third kappa shape index (κ3) is 3.94. The second-order valence-electron chi connectivity index (χ2n) is 7.40. The molecule has 0 radical (unpaired) electrons. The summed E-state index contributed by atoms with van der Waals surface area (Å²) in [7, 11) is 0. The van der Waals surface area contributed by atoms with E-state index in [1.807, 2.05) is 48.5 Å². The van der Waals surface area contributed by atoms with Crippen molar-refractivity contribution in [2.45, 2.75) is 24.8 Å². The van der Waals surface area contributed by atoms with E-state index in [-0.39, 0.29) is 19.1 Å². The molecule has 3 N–H and O–H groups in total. The second-order valence-corrected chi connectivity index (χ2v) is 7.40. The fraction of sp³-hybridized carbons (Fsp3) is 0.273. The first-order valence-corrected chi connectivity index (χ1v) is 9.92. The van der Waals surface area contributed by atoms with Crippen molar-refractivity contribution in [3.05, 3.63) is 59.7 Å². The molecule has 3 amide bonds. The van der Waals surface area contributed by atoms with Crippen LogP contribution in [0.5, 0.6) is 0 Å². The van der Waals surface area contributed by atoms with Gasteiger partial charge in [-0.05, 0) is 35.1 Å². The molecule has 2 aromatic carbocycles. The van der Waals surface area contributed by atoms with E-state index in [9.17, 15) is 19.2 Å². The maximum Gasteiger partial charge on any atom is 0.426 e. The quantitative estimate of drug-likeness (QED) is 0.509. The van der Waals surface area contributed by atoms with E-state index < -0.39 is 29.9 Å². The van der Waals surface area contributed by atoms with Crippen molar-refractivity contribution in [3.8, 4) is 11.1 Å². The van der Waals surface area contributed by atoms with E-state index in [1.54, 1.807) is 0 Å². The van der Waals surface area contributed by atoms with Crippen molar-refractivity contribution >= 4 is 23.9 Å². The molecule has 0 bridgehead atoms. The van der Waals surface area contributed by atoms with Crippen molar-refractivity contribution in [2.75, 3.05) is 13.2 Å². The molecule has 2 aliphatic rings. The lowest BCUT2D eigenvalue weighted by Crippen LogP contribution is -2.52. The number of aliphatic carboxylic acids is 1. The van der Waals surface area contributed by atoms with Crippen molar-refractivity contribution < 1.29 is 29.0 Å². The minimum Gasteiger partial charge on any atom is -0.474 e. The van der Waals surface area contributed by atoms with Gasteiger partial charge in [-0.25, -0.2) is 15.0 Å². The largest absolute Gasteiger partial charge is 0.474 e. The summed E-state index contributed by atoms with van der Waals surface area (Å²) in [5.41, 5.74) is 8.72. The molecule has 2 aromatic rings. The van der Waals surface area contributed by atoms with Gasteiger partial charge in [-0.2, -0.15) is 0 Å². The molecule has 9 heteroatoms. The minimum atomic E-state index is -1.62. The fourth-order valence-corrected chi connectivity index (χ4v) is 4.24. The van der Waals surface area contributed by atoms with Gasteiger partial charge in [-0.15, -0.1) is 0 Å². The minimum absolute atomic E-state index is 0.0861. The highest BCUT2D eigenvalue weighted by atomic mass is 16.6. The number of hydrazine groups is 1. The highest BCUT2D eigenvalue weighted by Gasteiger charge is 2.37. The SMILES string of the molecule is O=C(NNC(=O)[C@@H]1CCCN1C(=O)C(=O)O)OCC1c2ccccc2-c2ccccc21. The molecule has 0 unspecified atom stereocenters. The summed E-state index contributed by atoms with van der Waals surface area (Å²) in [6, 6.07) is 14.9. The fourth-order valence-electron chi connectivity index (χ4n) is 4.24. The number of amides is 3. The van der Waals surface area contributed by atoms with Gasteiger partial charge < -0.3 is 14.7 Å². The zero-order chi connectivity index (χ0) is 22.0. The number of nitrogens with one attached hydrogen (secondary N) is 2. The summed E-state index contributed by atoms with van der Waals surface area (Å²) in [5, 5.41) is 8.86. The zero-order valence-corrected chi connectivity index (χ0v) is 16.5. The van der Waals surface area contributed by atoms with Gasteiger partial charge in [-0.1, -0.05) is 48.5 Å². The number of benzene rings is 2. The van der Waals surface area contributed by atoms with Crippen LogP contribution < -0.4 is 10.9 Å². The van der Waals surface area contributed by atoms with E-state index in [2.05, 4.69) is 10.9 Å². The number of likely N-dealkylation sites (tertiary alicyclic amines) is 1. The summed E-state index contributed by atoms with van der Waals surface area (Å²) >= 11 is 0. The standard InChI is InChI=1S/C22H21N3O6/c26-19(18-10-5-11-25(18)20(27)21(28)29)23-24-22(30)31-12-17-15-8-3-1-6-13(15)14-7-2-4-9-16(14)17/h1-4,6-9,17-18H,5,10-12H2,(H,23,26)(H,24,30)(H,28,29)/t18-/m0/s1. The van der Waals surface area contributed by atoms with E-state index in [1.165, 1.54) is 0 Å². The Bertz CT molecular complexity index is 1010. The molecule has 0 aromatic heterocycles. The first kappa shape index (κ1) is 20.4. The summed E-state index contributed by atoms with van der Waals surface area (Å²) in [4.78, 5) is 48.0. The van der Waals surface area contributed by atoms with Crippen LogP contribution in [0.2, 0.25) is 0 Å². The number of hydrogen-bond donors (Lipinski definition) is 3. The molecule has 9 nitrogen and oxygen atoms in total. The smallest absolute Gasteiger partial charge is 0.426 e. The lowest BCUT2D eigenvalue weighted by molar-refractivity contribution is -0.157. The predicted octanol–water partition coefficient (Wildman–Crippen LogP) is 1.63. The predicted molar refractivity (Wildman–Crippen MR) is 109 cm³/mol. The van der Waals surface area contributed by atoms with Crippen LogP contribution in [0.4, 0.5) is 4.79 Å². The van der Waals surface area contributed by atoms with Crippen LogP contribution in [0.3, 0.4) is 0 Å². The Morgan fingerprint density at radius 3 is 2.19 bits per heavy atom. The number of rotatable bonds is 3. The monoisotopic (exact) mass is 423 g/mol. The maximum absolute atomic E-state index is 12.3. The Hall–Kier alpha value is -3.88. The summed E-state index contributed by atoms with van der Waals surface area (Å²) in [5.74, 6) is -3.55. The van der Waals surface area contributed by atoms with Gasteiger partial charge in [0.2, 0.25) is 0 Å². The zero-order valence-electron chi connectivity index (χ0n) is 16.5. The number of carbonyl (C=O) groups excluding carboxylic acids is 3. The number of carbonyl (C=O) groups is 4. The van der Waals surface area contributed by atoms with Crippen LogP contribution in [0, 0.1) is 0 Å². The Morgan fingerprint density at radius 1 is 0.968 bits per heavy atom. The van der Waals surface area contributed by atoms with E-state index in [0.717, 1.165) is 27.2 Å². The molecule has 1 aliphatic carbocycles. The Kier molecular flexibility index (Phi) is 5.57. The number of nitrogens with zero attached hydrogens (tertiary/aromatic N) is 1. The van der Waals surface area contributed by atoms with Crippen molar-refractivity contribution in [1.82, 2.24) is 15.8 Å². The van der Waals surface area contributed by atoms with Gasteiger partial charge in [0, 0.05) is 12.5 Å². The number of carboxylic acids is 1. The van der Waals surface area contributed by atoms with Crippen LogP contribution in [0.1, 0.15) is 29.9 Å². The summed E-state index contributed by atoms with van der Waals surface area (Å²) < 4.78 is 5.33. The molecule has 1 aliphatic heterocycles. The van der Waals surface area contributed by atoms with Gasteiger partial charge in [-0.3, -0.25) is 15.0 Å². The number of carboxylic acid groups (broad SMARTS) is 1. The van der Waals surface area contributed by atoms with E-state index in [0.29, 0.717) is 12.8 Å². The Morgan fingerprint density at radius 2 is 1.58 bits per heavy atom. The first-order valence-electron chi connectivity index (χ1n) is 9.92. The normalized spacial score (nSPS) is 16.9. The molecule has 1 atom stereocenters. The van der Waals surface area contributed by atoms with Crippen molar-refractivity contribution in [3.63, 3.8) is 0 Å². The second kappa shape index (κ2) is 8.47. The average molecular weight is 423 g/mol. The van der Waals surface area contributed by atoms with Crippen LogP contribution in [-0.2, 0) is 19.1 Å². The highest BCUT2D eigenvalue weighted by Crippen LogP contribution is 2.44. The first-order chi connectivity index (χ1) is 15.0. The summed E-state index contributed by atoms with van der Waals surface area (Å²) in [6.45, 7) is 0.261. The van der Waals surface area contributed by atoms with Crippen LogP contribution in [0.25, 0.3) is 11.1 Å². The van der Waals surface area contributed by atoms with Gasteiger partial charge in [0.25, 0.3) is 5.91 Å². The number of ether oxygens (including phenoxy) is 1. The molecular formula is C22H21N3O6. The number of fused-ring (bicyclic) bond motifs is 3. The van der Waals surface area contributed by atoms with Crippen LogP contribution in [-0.4, -0.2) is 53.1 Å². The lowest BCUT2D eigenvalue weighted by atomic mass is 9.98. The van der Waals surface area contributed by atoms with Gasteiger partial charge in [0.05, 0.1) is 0 Å². The molecular weight excluding hydrogens is 402 g/mol. The molecule has 1 fully saturated rings. The molecule has 31 heavy (non-hydrogen) atoms. The van der Waals surface area contributed by atoms with Crippen molar-refractivity contribution in [1.29, 1.82) is 0 Å². The molecule has 1 heterocycles. The molecule has 0 saturated carbocycles. The Balaban J connectivity index is 1.34. The van der Waals surface area contributed by atoms with Crippen LogP contribution in [0.15, 0.2) is 48.5 Å². The average Bonchev–Trinajstić information content (AvgIpc) is 3.39. The molecule has 1 saturated heterocycles. The van der Waals surface area contributed by atoms with E-state index in [4.69, 9.17) is 9.84 Å². The van der Waals surface area contributed by atoms with E-state index >= 15 is 0 Å².